The molecule has 0 saturated carbocycles. The zero-order valence-corrected chi connectivity index (χ0v) is 21.5. The molecular weight excluding hydrogens is 434 g/mol. The van der Waals surface area contributed by atoms with E-state index in [0.717, 1.165) is 4.90 Å². The minimum absolute atomic E-state index is 0.221. The van der Waals surface area contributed by atoms with Crippen molar-refractivity contribution in [2.75, 3.05) is 6.61 Å². The van der Waals surface area contributed by atoms with Gasteiger partial charge in [-0.1, -0.05) is 71.9 Å². The molecule has 1 atom stereocenters. The Bertz CT molecular complexity index is 937. The second-order valence-corrected chi connectivity index (χ2v) is 10.1. The maximum Gasteiger partial charge on any atom is 0.515 e. The third-order valence-corrected chi connectivity index (χ3v) is 6.30. The second-order valence-electron chi connectivity index (χ2n) is 9.26. The molecule has 0 N–H and O–H groups in total. The average Bonchev–Trinajstić information content (AvgIpc) is 2.76. The summed E-state index contributed by atoms with van der Waals surface area (Å²) in [4.78, 5) is 13.3. The highest BCUT2D eigenvalue weighted by molar-refractivity contribution is 7.94. The highest BCUT2D eigenvalue weighted by Crippen LogP contribution is 2.38. The van der Waals surface area contributed by atoms with Gasteiger partial charge in [-0.15, -0.1) is 0 Å². The summed E-state index contributed by atoms with van der Waals surface area (Å²) in [5.41, 5.74) is 2.51. The lowest BCUT2D eigenvalue weighted by molar-refractivity contribution is 0.0206. The van der Waals surface area contributed by atoms with Gasteiger partial charge in [0.05, 0.1) is 6.61 Å². The summed E-state index contributed by atoms with van der Waals surface area (Å²) in [6.07, 6.45) is -0.690. The van der Waals surface area contributed by atoms with Crippen LogP contribution < -0.4 is 4.74 Å². The fourth-order valence-corrected chi connectivity index (χ4v) is 4.31. The summed E-state index contributed by atoms with van der Waals surface area (Å²) in [5.74, 6) is 1.52. The quantitative estimate of drug-likeness (QED) is 0.152. The van der Waals surface area contributed by atoms with E-state index in [2.05, 4.69) is 59.7 Å². The Morgan fingerprint density at radius 1 is 1.00 bits per heavy atom. The Hall–Kier alpha value is -2.49. The fourth-order valence-electron chi connectivity index (χ4n) is 3.24. The van der Waals surface area contributed by atoms with Crippen LogP contribution in [-0.2, 0) is 8.92 Å². The predicted molar refractivity (Wildman–Crippen MR) is 133 cm³/mol. The molecule has 0 aliphatic heterocycles. The summed E-state index contributed by atoms with van der Waals surface area (Å²) in [6, 6.07) is 15.2. The van der Waals surface area contributed by atoms with Crippen molar-refractivity contribution in [1.82, 2.24) is 0 Å². The van der Waals surface area contributed by atoms with Crippen molar-refractivity contribution in [3.63, 3.8) is 0 Å². The molecule has 1 unspecified atom stereocenters. The van der Waals surface area contributed by atoms with Gasteiger partial charge in [-0.05, 0) is 53.5 Å². The maximum absolute atomic E-state index is 12.1. The van der Waals surface area contributed by atoms with Crippen LogP contribution in [0.2, 0.25) is 0 Å². The first-order valence-corrected chi connectivity index (χ1v) is 12.1. The third kappa shape index (κ3) is 7.80. The van der Waals surface area contributed by atoms with E-state index in [0.29, 0.717) is 23.5 Å². The normalized spacial score (nSPS) is 13.1. The van der Waals surface area contributed by atoms with E-state index in [1.54, 1.807) is 31.2 Å². The van der Waals surface area contributed by atoms with Crippen LogP contribution in [0.1, 0.15) is 89.3 Å². The van der Waals surface area contributed by atoms with Crippen LogP contribution in [0.4, 0.5) is 4.79 Å². The van der Waals surface area contributed by atoms with Crippen LogP contribution in [0.25, 0.3) is 0 Å². The van der Waals surface area contributed by atoms with Gasteiger partial charge in [-0.25, -0.2) is 4.79 Å². The van der Waals surface area contributed by atoms with Gasteiger partial charge in [0.1, 0.15) is 11.8 Å². The number of para-hydroxylation sites is 1. The SMILES string of the molecule is CC(C)c1cc(C(C)C)c(SOCCC(C)(C#N)OC(=O)Oc2ccccc2)c(C(C)C)c1. The largest absolute Gasteiger partial charge is 0.515 e. The highest BCUT2D eigenvalue weighted by Gasteiger charge is 2.30. The first-order valence-electron chi connectivity index (χ1n) is 11.4. The standard InChI is InChI=1S/C27H35NO4S/c1-18(2)21-15-23(19(3)4)25(24(16-21)20(5)6)33-30-14-13-27(7,17-28)32-26(29)31-22-11-9-8-10-12-22/h8-12,15-16,18-20H,13-14H2,1-7H3. The van der Waals surface area contributed by atoms with Crippen molar-refractivity contribution in [2.45, 2.75) is 83.1 Å². The summed E-state index contributed by atoms with van der Waals surface area (Å²) >= 11 is 1.34. The highest BCUT2D eigenvalue weighted by atomic mass is 32.2. The topological polar surface area (TPSA) is 68.5 Å². The number of nitriles is 1. The van der Waals surface area contributed by atoms with E-state index in [1.807, 2.05) is 6.07 Å². The molecular formula is C27H35NO4S. The molecule has 2 rings (SSSR count). The molecule has 5 nitrogen and oxygen atoms in total. The lowest BCUT2D eigenvalue weighted by Gasteiger charge is -2.23. The molecule has 2 aromatic rings. The van der Waals surface area contributed by atoms with E-state index >= 15 is 0 Å². The zero-order chi connectivity index (χ0) is 24.6. The second kappa shape index (κ2) is 12.1. The number of ether oxygens (including phenoxy) is 2. The van der Waals surface area contributed by atoms with Gasteiger partial charge in [0, 0.05) is 23.4 Å². The monoisotopic (exact) mass is 469 g/mol. The Morgan fingerprint density at radius 2 is 1.58 bits per heavy atom. The van der Waals surface area contributed by atoms with Crippen LogP contribution in [0.15, 0.2) is 47.4 Å². The molecule has 6 heteroatoms. The van der Waals surface area contributed by atoms with Gasteiger partial charge < -0.3 is 13.7 Å². The van der Waals surface area contributed by atoms with Crippen molar-refractivity contribution in [2.24, 2.45) is 0 Å². The number of carbonyl (C=O) groups excluding carboxylic acids is 1. The van der Waals surface area contributed by atoms with Crippen LogP contribution in [0.5, 0.6) is 5.75 Å². The molecule has 0 bridgehead atoms. The van der Waals surface area contributed by atoms with Crippen molar-refractivity contribution in [1.29, 1.82) is 5.26 Å². The molecule has 0 fully saturated rings. The van der Waals surface area contributed by atoms with Crippen molar-refractivity contribution in [3.8, 4) is 11.8 Å². The van der Waals surface area contributed by atoms with E-state index in [4.69, 9.17) is 13.7 Å². The van der Waals surface area contributed by atoms with Crippen LogP contribution in [0, 0.1) is 11.3 Å². The minimum Gasteiger partial charge on any atom is -0.412 e. The lowest BCUT2D eigenvalue weighted by atomic mass is 9.89. The number of hydrogen-bond acceptors (Lipinski definition) is 6. The smallest absolute Gasteiger partial charge is 0.412 e. The maximum atomic E-state index is 12.1. The van der Waals surface area contributed by atoms with Gasteiger partial charge in [0.25, 0.3) is 0 Å². The fraction of sp³-hybridized carbons (Fsp3) is 0.481. The number of benzene rings is 2. The number of nitrogens with zero attached hydrogens (tertiary/aromatic N) is 1. The van der Waals surface area contributed by atoms with Crippen LogP contribution in [0.3, 0.4) is 0 Å². The first-order chi connectivity index (χ1) is 15.6. The van der Waals surface area contributed by atoms with Gasteiger partial charge in [0.15, 0.2) is 0 Å². The zero-order valence-electron chi connectivity index (χ0n) is 20.7. The molecule has 0 spiro atoms. The molecule has 0 amide bonds. The van der Waals surface area contributed by atoms with E-state index in [-0.39, 0.29) is 13.0 Å². The Kier molecular flexibility index (Phi) is 9.82. The molecule has 178 valence electrons. The molecule has 0 radical (unpaired) electrons. The molecule has 0 saturated heterocycles. The predicted octanol–water partition coefficient (Wildman–Crippen LogP) is 7.97. The summed E-state index contributed by atoms with van der Waals surface area (Å²) < 4.78 is 16.4. The van der Waals surface area contributed by atoms with Gasteiger partial charge >= 0.3 is 6.16 Å². The molecule has 33 heavy (non-hydrogen) atoms. The summed E-state index contributed by atoms with van der Waals surface area (Å²) in [5, 5.41) is 9.59. The summed E-state index contributed by atoms with van der Waals surface area (Å²) in [6.45, 7) is 15.0. The first kappa shape index (κ1) is 26.8. The van der Waals surface area contributed by atoms with Crippen LogP contribution in [-0.4, -0.2) is 18.4 Å². The van der Waals surface area contributed by atoms with E-state index < -0.39 is 11.8 Å². The molecule has 0 heterocycles. The van der Waals surface area contributed by atoms with Gasteiger partial charge in [0.2, 0.25) is 5.60 Å². The minimum atomic E-state index is -1.35. The van der Waals surface area contributed by atoms with Gasteiger partial charge in [-0.3, -0.25) is 0 Å². The molecule has 0 aromatic heterocycles. The number of rotatable bonds is 10. The van der Waals surface area contributed by atoms with Crippen molar-refractivity contribution < 1.29 is 18.5 Å². The summed E-state index contributed by atoms with van der Waals surface area (Å²) in [7, 11) is 0. The third-order valence-electron chi connectivity index (χ3n) is 5.37. The van der Waals surface area contributed by atoms with E-state index in [1.165, 1.54) is 28.7 Å². The Morgan fingerprint density at radius 3 is 2.06 bits per heavy atom. The lowest BCUT2D eigenvalue weighted by Crippen LogP contribution is -2.32. The number of hydrogen-bond donors (Lipinski definition) is 0. The Balaban J connectivity index is 2.05. The Labute approximate surface area is 202 Å². The number of carbonyl (C=O) groups is 1. The van der Waals surface area contributed by atoms with Crippen LogP contribution >= 0.6 is 12.0 Å². The van der Waals surface area contributed by atoms with E-state index in [9.17, 15) is 10.1 Å². The molecule has 2 aromatic carbocycles. The molecule has 0 aliphatic carbocycles. The van der Waals surface area contributed by atoms with Gasteiger partial charge in [-0.2, -0.15) is 5.26 Å². The van der Waals surface area contributed by atoms with Crippen molar-refractivity contribution >= 4 is 18.2 Å². The average molecular weight is 470 g/mol. The van der Waals surface area contributed by atoms with Crippen molar-refractivity contribution in [3.05, 3.63) is 59.2 Å². The molecule has 0 aliphatic rings.